The van der Waals surface area contributed by atoms with E-state index < -0.39 is 5.54 Å². The molecule has 0 aliphatic carbocycles. The van der Waals surface area contributed by atoms with E-state index in [9.17, 15) is 4.79 Å². The van der Waals surface area contributed by atoms with E-state index in [-0.39, 0.29) is 11.9 Å². The number of guanidine groups is 1. The largest absolute Gasteiger partial charge is 0.497 e. The summed E-state index contributed by atoms with van der Waals surface area (Å²) in [7, 11) is 4.87. The molecule has 0 radical (unpaired) electrons. The van der Waals surface area contributed by atoms with Gasteiger partial charge in [-0.25, -0.2) is 4.99 Å². The van der Waals surface area contributed by atoms with Gasteiger partial charge in [0.05, 0.1) is 14.2 Å². The fourth-order valence-corrected chi connectivity index (χ4v) is 3.81. The van der Waals surface area contributed by atoms with Crippen LogP contribution in [0.2, 0.25) is 0 Å². The number of methoxy groups -OCH3 is 2. The van der Waals surface area contributed by atoms with Gasteiger partial charge in [-0.05, 0) is 34.9 Å². The number of nitrogens with zero attached hydrogens (tertiary/aromatic N) is 2. The van der Waals surface area contributed by atoms with Crippen LogP contribution in [0, 0.1) is 0 Å². The van der Waals surface area contributed by atoms with Crippen LogP contribution in [0.4, 0.5) is 0 Å². The molecule has 30 heavy (non-hydrogen) atoms. The van der Waals surface area contributed by atoms with E-state index >= 15 is 0 Å². The number of ether oxygens (including phenoxy) is 2. The number of carbonyl (C=O) groups excluding carboxylic acids is 1. The van der Waals surface area contributed by atoms with E-state index in [4.69, 9.17) is 15.2 Å². The Morgan fingerprint density at radius 1 is 0.900 bits per heavy atom. The van der Waals surface area contributed by atoms with Gasteiger partial charge in [-0.2, -0.15) is 0 Å². The average Bonchev–Trinajstić information content (AvgIpc) is 3.04. The summed E-state index contributed by atoms with van der Waals surface area (Å²) in [4.78, 5) is 19.4. The van der Waals surface area contributed by atoms with Gasteiger partial charge in [0, 0.05) is 18.7 Å². The molecule has 4 rings (SSSR count). The summed E-state index contributed by atoms with van der Waals surface area (Å²) in [6.45, 7) is 0. The van der Waals surface area contributed by atoms with Crippen molar-refractivity contribution < 1.29 is 14.3 Å². The van der Waals surface area contributed by atoms with Crippen molar-refractivity contribution in [1.82, 2.24) is 4.90 Å². The van der Waals surface area contributed by atoms with Crippen molar-refractivity contribution in [1.29, 1.82) is 0 Å². The first-order chi connectivity index (χ1) is 14.5. The first-order valence-electron chi connectivity index (χ1n) is 9.53. The number of hydrogen-bond donors (Lipinski definition) is 1. The van der Waals surface area contributed by atoms with Crippen molar-refractivity contribution in [2.75, 3.05) is 21.3 Å². The molecule has 0 bridgehead atoms. The second kappa shape index (κ2) is 7.55. The molecule has 0 saturated heterocycles. The highest BCUT2D eigenvalue weighted by molar-refractivity contribution is 6.09. The molecular weight excluding hydrogens is 378 g/mol. The van der Waals surface area contributed by atoms with Crippen LogP contribution in [0.3, 0.4) is 0 Å². The zero-order chi connectivity index (χ0) is 21.3. The number of carbonyl (C=O) groups is 1. The maximum Gasteiger partial charge on any atom is 0.266 e. The van der Waals surface area contributed by atoms with E-state index in [1.165, 1.54) is 4.90 Å². The van der Waals surface area contributed by atoms with Gasteiger partial charge in [-0.3, -0.25) is 9.69 Å². The van der Waals surface area contributed by atoms with Crippen LogP contribution in [0.15, 0.2) is 77.8 Å². The van der Waals surface area contributed by atoms with Crippen LogP contribution in [-0.4, -0.2) is 38.0 Å². The number of rotatable bonds is 5. The molecule has 6 nitrogen and oxygen atoms in total. The van der Waals surface area contributed by atoms with Crippen molar-refractivity contribution in [2.45, 2.75) is 5.54 Å². The second-order valence-electron chi connectivity index (χ2n) is 7.06. The highest BCUT2D eigenvalue weighted by Crippen LogP contribution is 2.41. The van der Waals surface area contributed by atoms with E-state index in [1.807, 2.05) is 72.8 Å². The SMILES string of the molecule is COc1ccc(-c2cccc(C3(c4ccccc4)N=C(N)N(C)C3=O)c2)c(OC)c1. The Hall–Kier alpha value is -3.80. The summed E-state index contributed by atoms with van der Waals surface area (Å²) in [6, 6.07) is 22.9. The third-order valence-electron chi connectivity index (χ3n) is 5.43. The van der Waals surface area contributed by atoms with Crippen LogP contribution in [0.25, 0.3) is 11.1 Å². The van der Waals surface area contributed by atoms with Crippen molar-refractivity contribution >= 4 is 11.9 Å². The fraction of sp³-hybridized carbons (Fsp3) is 0.167. The van der Waals surface area contributed by atoms with Crippen molar-refractivity contribution in [2.24, 2.45) is 10.7 Å². The van der Waals surface area contributed by atoms with Crippen LogP contribution in [0.5, 0.6) is 11.5 Å². The molecule has 0 spiro atoms. The van der Waals surface area contributed by atoms with E-state index in [2.05, 4.69) is 4.99 Å². The Balaban J connectivity index is 1.91. The zero-order valence-electron chi connectivity index (χ0n) is 17.1. The van der Waals surface area contributed by atoms with Crippen LogP contribution in [-0.2, 0) is 10.3 Å². The normalized spacial score (nSPS) is 18.3. The van der Waals surface area contributed by atoms with Crippen molar-refractivity contribution in [3.05, 3.63) is 83.9 Å². The van der Waals surface area contributed by atoms with Crippen molar-refractivity contribution in [3.8, 4) is 22.6 Å². The third-order valence-corrected chi connectivity index (χ3v) is 5.43. The predicted octanol–water partition coefficient (Wildman–Crippen LogP) is 3.40. The second-order valence-corrected chi connectivity index (χ2v) is 7.06. The number of likely N-dealkylation sites (N-methyl/N-ethyl adjacent to an activating group) is 1. The highest BCUT2D eigenvalue weighted by atomic mass is 16.5. The minimum Gasteiger partial charge on any atom is -0.497 e. The monoisotopic (exact) mass is 401 g/mol. The number of nitrogens with two attached hydrogens (primary N) is 1. The molecule has 1 aliphatic rings. The smallest absolute Gasteiger partial charge is 0.266 e. The molecule has 2 N–H and O–H groups in total. The summed E-state index contributed by atoms with van der Waals surface area (Å²) in [5, 5.41) is 0. The van der Waals surface area contributed by atoms with Gasteiger partial charge in [0.2, 0.25) is 0 Å². The molecule has 1 heterocycles. The minimum atomic E-state index is -1.23. The lowest BCUT2D eigenvalue weighted by atomic mass is 9.81. The maximum atomic E-state index is 13.4. The number of aliphatic imine (C=N–C) groups is 1. The Kier molecular flexibility index (Phi) is 4.91. The lowest BCUT2D eigenvalue weighted by molar-refractivity contribution is -0.129. The summed E-state index contributed by atoms with van der Waals surface area (Å²) >= 11 is 0. The molecule has 0 saturated carbocycles. The molecule has 1 amide bonds. The summed E-state index contributed by atoms with van der Waals surface area (Å²) in [5.74, 6) is 1.39. The van der Waals surface area contributed by atoms with Crippen LogP contribution >= 0.6 is 0 Å². The maximum absolute atomic E-state index is 13.4. The standard InChI is InChI=1S/C24H23N3O3/c1-27-22(28)24(26-23(27)25,17-9-5-4-6-10-17)18-11-7-8-16(14-18)20-13-12-19(29-2)15-21(20)30-3/h4-15H,1-3H3,(H2,25,26). The van der Waals surface area contributed by atoms with E-state index in [0.717, 1.165) is 22.3 Å². The van der Waals surface area contributed by atoms with Gasteiger partial charge < -0.3 is 15.2 Å². The molecule has 3 aromatic rings. The number of amides is 1. The first kappa shape index (κ1) is 19.5. The lowest BCUT2D eigenvalue weighted by Gasteiger charge is -2.26. The van der Waals surface area contributed by atoms with Gasteiger partial charge in [-0.1, -0.05) is 48.5 Å². The van der Waals surface area contributed by atoms with Gasteiger partial charge in [-0.15, -0.1) is 0 Å². The van der Waals surface area contributed by atoms with E-state index in [1.54, 1.807) is 21.3 Å². The molecule has 3 aromatic carbocycles. The molecular formula is C24H23N3O3. The van der Waals surface area contributed by atoms with E-state index in [0.29, 0.717) is 11.5 Å². The molecule has 152 valence electrons. The Morgan fingerprint density at radius 3 is 2.27 bits per heavy atom. The quantitative estimate of drug-likeness (QED) is 0.711. The van der Waals surface area contributed by atoms with Crippen LogP contribution in [0.1, 0.15) is 11.1 Å². The number of hydrogen-bond acceptors (Lipinski definition) is 5. The first-order valence-corrected chi connectivity index (χ1v) is 9.53. The number of benzene rings is 3. The molecule has 1 unspecified atom stereocenters. The van der Waals surface area contributed by atoms with Crippen LogP contribution < -0.4 is 15.2 Å². The fourth-order valence-electron chi connectivity index (χ4n) is 3.81. The third kappa shape index (κ3) is 2.97. The summed E-state index contributed by atoms with van der Waals surface area (Å²) in [5.41, 5.74) is 8.13. The zero-order valence-corrected chi connectivity index (χ0v) is 17.1. The average molecular weight is 401 g/mol. The summed E-state index contributed by atoms with van der Waals surface area (Å²) < 4.78 is 10.9. The topological polar surface area (TPSA) is 77.2 Å². The Bertz CT molecular complexity index is 1130. The van der Waals surface area contributed by atoms with Gasteiger partial charge in [0.1, 0.15) is 11.5 Å². The molecule has 0 aromatic heterocycles. The summed E-state index contributed by atoms with van der Waals surface area (Å²) in [6.07, 6.45) is 0. The predicted molar refractivity (Wildman–Crippen MR) is 117 cm³/mol. The molecule has 0 fully saturated rings. The Labute approximate surface area is 175 Å². The van der Waals surface area contributed by atoms with Gasteiger partial charge in [0.25, 0.3) is 5.91 Å². The molecule has 6 heteroatoms. The lowest BCUT2D eigenvalue weighted by Crippen LogP contribution is -2.41. The molecule has 1 atom stereocenters. The molecule has 1 aliphatic heterocycles. The van der Waals surface area contributed by atoms with Gasteiger partial charge in [0.15, 0.2) is 11.5 Å². The minimum absolute atomic E-state index is 0.190. The Morgan fingerprint density at radius 2 is 1.63 bits per heavy atom. The highest BCUT2D eigenvalue weighted by Gasteiger charge is 2.49. The van der Waals surface area contributed by atoms with Crippen molar-refractivity contribution in [3.63, 3.8) is 0 Å². The van der Waals surface area contributed by atoms with Gasteiger partial charge >= 0.3 is 0 Å².